The summed E-state index contributed by atoms with van der Waals surface area (Å²) in [5, 5.41) is 9.14. The Hall–Kier alpha value is -0.650. The first-order chi connectivity index (χ1) is 9.15. The van der Waals surface area contributed by atoms with Crippen molar-refractivity contribution in [3.05, 3.63) is 0 Å². The van der Waals surface area contributed by atoms with Crippen LogP contribution in [0.15, 0.2) is 0 Å². The van der Waals surface area contributed by atoms with Gasteiger partial charge in [-0.1, -0.05) is 6.42 Å². The second-order valence-electron chi connectivity index (χ2n) is 5.13. The zero-order chi connectivity index (χ0) is 14.1. The first kappa shape index (κ1) is 16.4. The summed E-state index contributed by atoms with van der Waals surface area (Å²) in [6.45, 7) is 7.15. The Morgan fingerprint density at radius 1 is 1.37 bits per heavy atom. The Kier molecular flexibility index (Phi) is 8.02. The molecule has 0 aromatic heterocycles. The Balaban J connectivity index is 2.07. The standard InChI is InChI=1S/C14H27NO4/c1-3-18-14(17)7-5-4-6-8-15-9-12(2)19-13(10-15)11-16/h12-13,16H,3-11H2,1-2H3. The van der Waals surface area contributed by atoms with Gasteiger partial charge in [0.15, 0.2) is 0 Å². The van der Waals surface area contributed by atoms with Crippen molar-refractivity contribution in [1.82, 2.24) is 4.90 Å². The molecule has 0 radical (unpaired) electrons. The zero-order valence-corrected chi connectivity index (χ0v) is 12.1. The average Bonchev–Trinajstić information content (AvgIpc) is 2.38. The minimum Gasteiger partial charge on any atom is -0.466 e. The number of carbonyl (C=O) groups excluding carboxylic acids is 1. The van der Waals surface area contributed by atoms with Gasteiger partial charge in [-0.05, 0) is 33.2 Å². The van der Waals surface area contributed by atoms with Crippen LogP contribution in [-0.4, -0.2) is 61.0 Å². The first-order valence-electron chi connectivity index (χ1n) is 7.30. The molecule has 112 valence electrons. The molecule has 0 spiro atoms. The van der Waals surface area contributed by atoms with E-state index in [-0.39, 0.29) is 24.8 Å². The van der Waals surface area contributed by atoms with Gasteiger partial charge in [-0.2, -0.15) is 0 Å². The maximum absolute atomic E-state index is 11.2. The Labute approximate surface area is 115 Å². The van der Waals surface area contributed by atoms with E-state index in [2.05, 4.69) is 4.90 Å². The molecule has 19 heavy (non-hydrogen) atoms. The molecule has 1 aliphatic rings. The van der Waals surface area contributed by atoms with Crippen molar-refractivity contribution < 1.29 is 19.4 Å². The van der Waals surface area contributed by atoms with Crippen LogP contribution < -0.4 is 0 Å². The van der Waals surface area contributed by atoms with E-state index < -0.39 is 0 Å². The number of nitrogens with zero attached hydrogens (tertiary/aromatic N) is 1. The lowest BCUT2D eigenvalue weighted by Crippen LogP contribution is -2.48. The highest BCUT2D eigenvalue weighted by Gasteiger charge is 2.23. The number of morpholine rings is 1. The molecule has 0 aromatic carbocycles. The number of hydrogen-bond donors (Lipinski definition) is 1. The van der Waals surface area contributed by atoms with Gasteiger partial charge in [0.05, 0.1) is 25.4 Å². The molecule has 1 aliphatic heterocycles. The summed E-state index contributed by atoms with van der Waals surface area (Å²) in [6.07, 6.45) is 3.65. The Bertz CT molecular complexity index is 260. The topological polar surface area (TPSA) is 59.0 Å². The maximum Gasteiger partial charge on any atom is 0.305 e. The predicted molar refractivity (Wildman–Crippen MR) is 73.0 cm³/mol. The van der Waals surface area contributed by atoms with Crippen molar-refractivity contribution in [3.8, 4) is 0 Å². The third kappa shape index (κ3) is 6.89. The predicted octanol–water partition coefficient (Wildman–Crippen LogP) is 1.19. The summed E-state index contributed by atoms with van der Waals surface area (Å²) in [5.74, 6) is -0.0946. The average molecular weight is 273 g/mol. The summed E-state index contributed by atoms with van der Waals surface area (Å²) >= 11 is 0. The number of ether oxygens (including phenoxy) is 2. The van der Waals surface area contributed by atoms with Crippen LogP contribution in [0.1, 0.15) is 39.5 Å². The van der Waals surface area contributed by atoms with Gasteiger partial charge in [0.2, 0.25) is 0 Å². The fourth-order valence-electron chi connectivity index (χ4n) is 2.44. The molecule has 0 amide bonds. The largest absolute Gasteiger partial charge is 0.466 e. The zero-order valence-electron chi connectivity index (χ0n) is 12.1. The monoisotopic (exact) mass is 273 g/mol. The van der Waals surface area contributed by atoms with Crippen LogP contribution in [-0.2, 0) is 14.3 Å². The van der Waals surface area contributed by atoms with Crippen molar-refractivity contribution in [2.75, 3.05) is 32.8 Å². The molecule has 2 unspecified atom stereocenters. The molecule has 2 atom stereocenters. The summed E-state index contributed by atoms with van der Waals surface area (Å²) in [4.78, 5) is 13.5. The molecule has 1 saturated heterocycles. The Morgan fingerprint density at radius 3 is 2.84 bits per heavy atom. The van der Waals surface area contributed by atoms with Crippen LogP contribution in [0.3, 0.4) is 0 Å². The van der Waals surface area contributed by atoms with Gasteiger partial charge < -0.3 is 14.6 Å². The van der Waals surface area contributed by atoms with E-state index in [9.17, 15) is 4.79 Å². The van der Waals surface area contributed by atoms with Crippen molar-refractivity contribution in [2.24, 2.45) is 0 Å². The molecular formula is C14H27NO4. The lowest BCUT2D eigenvalue weighted by Gasteiger charge is -2.36. The van der Waals surface area contributed by atoms with E-state index in [1.165, 1.54) is 0 Å². The summed E-state index contributed by atoms with van der Waals surface area (Å²) < 4.78 is 10.5. The van der Waals surface area contributed by atoms with Gasteiger partial charge in [-0.3, -0.25) is 9.69 Å². The quantitative estimate of drug-likeness (QED) is 0.532. The van der Waals surface area contributed by atoms with E-state index in [0.29, 0.717) is 13.0 Å². The number of aliphatic hydroxyl groups excluding tert-OH is 1. The van der Waals surface area contributed by atoms with Gasteiger partial charge in [-0.15, -0.1) is 0 Å². The minimum atomic E-state index is -0.0946. The summed E-state index contributed by atoms with van der Waals surface area (Å²) in [5.41, 5.74) is 0. The molecular weight excluding hydrogens is 246 g/mol. The molecule has 0 aliphatic carbocycles. The maximum atomic E-state index is 11.2. The molecule has 1 fully saturated rings. The smallest absolute Gasteiger partial charge is 0.305 e. The van der Waals surface area contributed by atoms with Crippen molar-refractivity contribution >= 4 is 5.97 Å². The summed E-state index contributed by atoms with van der Waals surface area (Å²) in [7, 11) is 0. The van der Waals surface area contributed by atoms with Crippen LogP contribution in [0.5, 0.6) is 0 Å². The first-order valence-corrected chi connectivity index (χ1v) is 7.30. The summed E-state index contributed by atoms with van der Waals surface area (Å²) in [6, 6.07) is 0. The van der Waals surface area contributed by atoms with Crippen LogP contribution in [0.25, 0.3) is 0 Å². The highest BCUT2D eigenvalue weighted by Crippen LogP contribution is 2.12. The number of rotatable bonds is 8. The fourth-order valence-corrected chi connectivity index (χ4v) is 2.44. The van der Waals surface area contributed by atoms with Gasteiger partial charge in [0.25, 0.3) is 0 Å². The number of unbranched alkanes of at least 4 members (excludes halogenated alkanes) is 2. The van der Waals surface area contributed by atoms with Crippen LogP contribution in [0.4, 0.5) is 0 Å². The van der Waals surface area contributed by atoms with Crippen LogP contribution in [0, 0.1) is 0 Å². The second-order valence-corrected chi connectivity index (χ2v) is 5.13. The van der Waals surface area contributed by atoms with E-state index >= 15 is 0 Å². The number of carbonyl (C=O) groups is 1. The third-order valence-corrected chi connectivity index (χ3v) is 3.27. The van der Waals surface area contributed by atoms with Crippen molar-refractivity contribution in [1.29, 1.82) is 0 Å². The number of hydrogen-bond acceptors (Lipinski definition) is 5. The minimum absolute atomic E-state index is 0.0525. The lowest BCUT2D eigenvalue weighted by atomic mass is 10.1. The SMILES string of the molecule is CCOC(=O)CCCCCN1CC(C)OC(CO)C1. The molecule has 1 rings (SSSR count). The molecule has 0 bridgehead atoms. The van der Waals surface area contributed by atoms with E-state index in [4.69, 9.17) is 14.6 Å². The molecule has 5 heteroatoms. The van der Waals surface area contributed by atoms with Crippen LogP contribution >= 0.6 is 0 Å². The second kappa shape index (κ2) is 9.28. The molecule has 1 N–H and O–H groups in total. The lowest BCUT2D eigenvalue weighted by molar-refractivity contribution is -0.143. The van der Waals surface area contributed by atoms with Crippen molar-refractivity contribution in [2.45, 2.75) is 51.7 Å². The van der Waals surface area contributed by atoms with Gasteiger partial charge in [0.1, 0.15) is 0 Å². The van der Waals surface area contributed by atoms with Gasteiger partial charge in [-0.25, -0.2) is 0 Å². The molecule has 5 nitrogen and oxygen atoms in total. The fraction of sp³-hybridized carbons (Fsp3) is 0.929. The highest BCUT2D eigenvalue weighted by molar-refractivity contribution is 5.69. The van der Waals surface area contributed by atoms with Gasteiger partial charge >= 0.3 is 5.97 Å². The van der Waals surface area contributed by atoms with E-state index in [0.717, 1.165) is 38.9 Å². The number of aliphatic hydroxyl groups is 1. The van der Waals surface area contributed by atoms with E-state index in [1.54, 1.807) is 0 Å². The number of esters is 1. The van der Waals surface area contributed by atoms with Crippen LogP contribution in [0.2, 0.25) is 0 Å². The van der Waals surface area contributed by atoms with E-state index in [1.807, 2.05) is 13.8 Å². The Morgan fingerprint density at radius 2 is 2.16 bits per heavy atom. The molecule has 0 aromatic rings. The van der Waals surface area contributed by atoms with Gasteiger partial charge in [0, 0.05) is 19.5 Å². The normalized spacial score (nSPS) is 24.4. The molecule has 0 saturated carbocycles. The molecule has 1 heterocycles. The third-order valence-electron chi connectivity index (χ3n) is 3.27. The van der Waals surface area contributed by atoms with Crippen molar-refractivity contribution in [3.63, 3.8) is 0 Å². The highest BCUT2D eigenvalue weighted by atomic mass is 16.5.